The van der Waals surface area contributed by atoms with Crippen molar-refractivity contribution in [2.45, 2.75) is 5.54 Å². The third-order valence-electron chi connectivity index (χ3n) is 3.28. The maximum atomic E-state index is 12.3. The molecule has 21 heavy (non-hydrogen) atoms. The number of hydrogen-bond donors (Lipinski definition) is 2. The molecule has 0 radical (unpaired) electrons. The zero-order valence-corrected chi connectivity index (χ0v) is 11.3. The highest BCUT2D eigenvalue weighted by Crippen LogP contribution is 2.32. The molecular formula is C15H15ClMgN2O2. The lowest BCUT2D eigenvalue weighted by Gasteiger charge is -2.27. The molecule has 0 saturated carbocycles. The Hall–Kier alpha value is -1.56. The predicted octanol–water partition coefficient (Wildman–Crippen LogP) is 1.28. The topological polar surface area (TPSA) is 58.2 Å². The molecule has 1 saturated heterocycles. The second-order valence-corrected chi connectivity index (χ2v) is 4.39. The largest absolute Gasteiger partial charge is 0.322 e. The Morgan fingerprint density at radius 1 is 0.762 bits per heavy atom. The quantitative estimate of drug-likeness (QED) is 0.648. The van der Waals surface area contributed by atoms with E-state index in [0.717, 1.165) is 11.1 Å². The summed E-state index contributed by atoms with van der Waals surface area (Å²) in [6.07, 6.45) is 0. The first-order valence-corrected chi connectivity index (χ1v) is 5.98. The van der Waals surface area contributed by atoms with Crippen molar-refractivity contribution in [3.8, 4) is 0 Å². The summed E-state index contributed by atoms with van der Waals surface area (Å²) in [7, 11) is 0. The zero-order chi connectivity index (χ0) is 13.3. The van der Waals surface area contributed by atoms with Crippen LogP contribution in [0, 0.1) is 0 Å². The molecule has 0 aromatic heterocycles. The average Bonchev–Trinajstić information content (AvgIpc) is 2.76. The first-order chi connectivity index (χ1) is 9.23. The van der Waals surface area contributed by atoms with E-state index in [0.29, 0.717) is 0 Å². The molecule has 2 N–H and O–H groups in total. The van der Waals surface area contributed by atoms with E-state index in [9.17, 15) is 9.59 Å². The summed E-state index contributed by atoms with van der Waals surface area (Å²) in [5, 5.41) is 5.07. The molecule has 4 nitrogen and oxygen atoms in total. The van der Waals surface area contributed by atoms with E-state index in [1.807, 2.05) is 60.7 Å². The second kappa shape index (κ2) is 6.93. The van der Waals surface area contributed by atoms with Crippen LogP contribution in [0.2, 0.25) is 0 Å². The number of nitrogens with one attached hydrogen (secondary N) is 2. The number of amides is 3. The Bertz CT molecular complexity index is 595. The van der Waals surface area contributed by atoms with Crippen LogP contribution in [0.1, 0.15) is 11.1 Å². The molecule has 1 heterocycles. The van der Waals surface area contributed by atoms with Crippen molar-refractivity contribution < 1.29 is 9.59 Å². The molecule has 2 aromatic carbocycles. The van der Waals surface area contributed by atoms with Crippen LogP contribution in [0.3, 0.4) is 0 Å². The van der Waals surface area contributed by atoms with Crippen LogP contribution in [-0.4, -0.2) is 35.0 Å². The molecule has 6 heteroatoms. The normalized spacial score (nSPS) is 15.2. The minimum atomic E-state index is -1.14. The van der Waals surface area contributed by atoms with Gasteiger partial charge in [-0.25, -0.2) is 4.79 Å². The minimum absolute atomic E-state index is 0. The van der Waals surface area contributed by atoms with Crippen molar-refractivity contribution in [3.05, 3.63) is 71.8 Å². The van der Waals surface area contributed by atoms with Gasteiger partial charge in [-0.3, -0.25) is 10.1 Å². The Balaban J connectivity index is 0.00000110. The van der Waals surface area contributed by atoms with Crippen LogP contribution < -0.4 is 10.6 Å². The third-order valence-corrected chi connectivity index (χ3v) is 3.28. The van der Waals surface area contributed by atoms with Crippen LogP contribution in [0.4, 0.5) is 4.79 Å². The summed E-state index contributed by atoms with van der Waals surface area (Å²) in [5.41, 5.74) is 0.341. The summed E-state index contributed by atoms with van der Waals surface area (Å²) in [5.74, 6) is -0.352. The fraction of sp³-hybridized carbons (Fsp3) is 0.0667. The van der Waals surface area contributed by atoms with Crippen molar-refractivity contribution in [1.29, 1.82) is 0 Å². The van der Waals surface area contributed by atoms with E-state index in [4.69, 9.17) is 0 Å². The molecule has 0 bridgehead atoms. The fourth-order valence-electron chi connectivity index (χ4n) is 2.40. The van der Waals surface area contributed by atoms with Gasteiger partial charge in [-0.1, -0.05) is 60.7 Å². The van der Waals surface area contributed by atoms with Crippen molar-refractivity contribution >= 4 is 47.4 Å². The molecule has 1 aliphatic rings. The molecule has 2 aromatic rings. The lowest BCUT2D eigenvalue weighted by Crippen LogP contribution is -2.44. The van der Waals surface area contributed by atoms with Gasteiger partial charge in [0.15, 0.2) is 5.54 Å². The maximum Gasteiger partial charge on any atom is 0.322 e. The van der Waals surface area contributed by atoms with Gasteiger partial charge >= 0.3 is 29.1 Å². The average molecular weight is 315 g/mol. The van der Waals surface area contributed by atoms with E-state index in [1.54, 1.807) is 0 Å². The summed E-state index contributed by atoms with van der Waals surface area (Å²) in [6, 6.07) is 18.0. The number of imide groups is 1. The molecule has 1 fully saturated rings. The number of urea groups is 1. The Morgan fingerprint density at radius 2 is 1.19 bits per heavy atom. The highest BCUT2D eigenvalue weighted by molar-refractivity contribution is 6.09. The van der Waals surface area contributed by atoms with Crippen molar-refractivity contribution in [1.82, 2.24) is 10.6 Å². The number of rotatable bonds is 2. The van der Waals surface area contributed by atoms with E-state index in [2.05, 4.69) is 10.6 Å². The van der Waals surface area contributed by atoms with Crippen LogP contribution in [-0.2, 0) is 10.3 Å². The number of halogens is 1. The van der Waals surface area contributed by atoms with Gasteiger partial charge in [0, 0.05) is 0 Å². The molecule has 1 aliphatic heterocycles. The number of carbonyl (C=O) groups is 2. The Labute approximate surface area is 144 Å². The van der Waals surface area contributed by atoms with Crippen molar-refractivity contribution in [2.24, 2.45) is 0 Å². The molecule has 0 atom stereocenters. The van der Waals surface area contributed by atoms with E-state index in [1.165, 1.54) is 0 Å². The van der Waals surface area contributed by atoms with Crippen LogP contribution in [0.5, 0.6) is 0 Å². The second-order valence-electron chi connectivity index (χ2n) is 4.39. The molecule has 3 rings (SSSR count). The van der Waals surface area contributed by atoms with Gasteiger partial charge in [-0.05, 0) is 11.1 Å². The summed E-state index contributed by atoms with van der Waals surface area (Å²) in [6.45, 7) is 0. The SMILES string of the molecule is Cl.O=C1NC(=O)C(c2ccccc2)(c2ccccc2)N1.[MgH2]. The standard InChI is InChI=1S/C15H12N2O2.ClH.Mg.2H/c18-13-15(17-14(19)16-13,11-7-3-1-4-8-11)12-9-5-2-6-10-12;;;;/h1-10H,(H2,16,17,18,19);1H;;;. The predicted molar refractivity (Wildman–Crippen MR) is 86.1 cm³/mol. The van der Waals surface area contributed by atoms with Crippen LogP contribution in [0.15, 0.2) is 60.7 Å². The molecular weight excluding hydrogens is 300 g/mol. The molecule has 0 aliphatic carbocycles. The monoisotopic (exact) mass is 314 g/mol. The van der Waals surface area contributed by atoms with Gasteiger partial charge in [-0.15, -0.1) is 12.4 Å². The first-order valence-electron chi connectivity index (χ1n) is 5.98. The number of carbonyl (C=O) groups excluding carboxylic acids is 2. The highest BCUT2D eigenvalue weighted by Gasteiger charge is 2.48. The summed E-state index contributed by atoms with van der Waals surface area (Å²) >= 11 is 0. The lowest BCUT2D eigenvalue weighted by atomic mass is 9.83. The number of hydrogen-bond acceptors (Lipinski definition) is 2. The first kappa shape index (κ1) is 17.5. The summed E-state index contributed by atoms with van der Waals surface area (Å²) < 4.78 is 0. The third kappa shape index (κ3) is 2.90. The van der Waals surface area contributed by atoms with Crippen molar-refractivity contribution in [2.75, 3.05) is 0 Å². The minimum Gasteiger partial charge on any atom is -0.316 e. The fourth-order valence-corrected chi connectivity index (χ4v) is 2.40. The van der Waals surface area contributed by atoms with Crippen LogP contribution in [0.25, 0.3) is 0 Å². The van der Waals surface area contributed by atoms with E-state index in [-0.39, 0.29) is 41.4 Å². The van der Waals surface area contributed by atoms with Gasteiger partial charge in [0.2, 0.25) is 0 Å². The van der Waals surface area contributed by atoms with E-state index >= 15 is 0 Å². The van der Waals surface area contributed by atoms with Gasteiger partial charge in [0.05, 0.1) is 0 Å². The highest BCUT2D eigenvalue weighted by atomic mass is 35.5. The van der Waals surface area contributed by atoms with E-state index < -0.39 is 11.6 Å². The van der Waals surface area contributed by atoms with Gasteiger partial charge in [0.25, 0.3) is 5.91 Å². The Morgan fingerprint density at radius 3 is 1.52 bits per heavy atom. The molecule has 0 spiro atoms. The number of benzene rings is 2. The smallest absolute Gasteiger partial charge is 0.316 e. The van der Waals surface area contributed by atoms with Gasteiger partial charge in [0.1, 0.15) is 0 Å². The van der Waals surface area contributed by atoms with Gasteiger partial charge in [-0.2, -0.15) is 0 Å². The molecule has 0 unspecified atom stereocenters. The molecule has 106 valence electrons. The Kier molecular flexibility index (Phi) is 5.77. The molecule has 3 amide bonds. The summed E-state index contributed by atoms with van der Waals surface area (Å²) in [4.78, 5) is 23.9. The van der Waals surface area contributed by atoms with Gasteiger partial charge < -0.3 is 5.32 Å². The lowest BCUT2D eigenvalue weighted by molar-refractivity contribution is -0.122. The maximum absolute atomic E-state index is 12.3. The van der Waals surface area contributed by atoms with Crippen LogP contribution >= 0.6 is 12.4 Å². The zero-order valence-electron chi connectivity index (χ0n) is 10.5. The van der Waals surface area contributed by atoms with Crippen molar-refractivity contribution in [3.63, 3.8) is 0 Å².